The fourth-order valence-corrected chi connectivity index (χ4v) is 2.76. The van der Waals surface area contributed by atoms with Crippen molar-refractivity contribution in [1.29, 1.82) is 0 Å². The van der Waals surface area contributed by atoms with E-state index in [1.165, 1.54) is 12.1 Å². The number of hydrogen-bond acceptors (Lipinski definition) is 8. The summed E-state index contributed by atoms with van der Waals surface area (Å²) in [6.07, 6.45) is 3.29. The lowest BCUT2D eigenvalue weighted by Crippen LogP contribution is -2.07. The van der Waals surface area contributed by atoms with Gasteiger partial charge in [0.15, 0.2) is 17.0 Å². The molecule has 0 fully saturated rings. The van der Waals surface area contributed by atoms with E-state index in [0.29, 0.717) is 41.7 Å². The minimum atomic E-state index is -0.442. The predicted octanol–water partition coefficient (Wildman–Crippen LogP) is 3.70. The van der Waals surface area contributed by atoms with Crippen LogP contribution in [0.3, 0.4) is 0 Å². The molecule has 3 aromatic heterocycles. The molecule has 0 radical (unpaired) electrons. The highest BCUT2D eigenvalue weighted by atomic mass is 16.6. The second kappa shape index (κ2) is 7.35. The van der Waals surface area contributed by atoms with E-state index in [4.69, 9.17) is 4.42 Å². The van der Waals surface area contributed by atoms with Crippen molar-refractivity contribution in [3.05, 3.63) is 64.9 Å². The third-order valence-electron chi connectivity index (χ3n) is 4.13. The van der Waals surface area contributed by atoms with E-state index in [9.17, 15) is 10.1 Å². The van der Waals surface area contributed by atoms with Crippen LogP contribution in [-0.2, 0) is 13.1 Å². The van der Waals surface area contributed by atoms with Gasteiger partial charge >= 0.3 is 0 Å². The summed E-state index contributed by atoms with van der Waals surface area (Å²) in [4.78, 5) is 24.0. The Morgan fingerprint density at radius 2 is 2.14 bits per heavy atom. The maximum absolute atomic E-state index is 11.0. The van der Waals surface area contributed by atoms with Gasteiger partial charge in [-0.2, -0.15) is 9.97 Å². The molecule has 4 rings (SSSR count). The lowest BCUT2D eigenvalue weighted by Gasteiger charge is -2.10. The largest absolute Gasteiger partial charge is 0.467 e. The van der Waals surface area contributed by atoms with Gasteiger partial charge in [-0.15, -0.1) is 0 Å². The second-order valence-corrected chi connectivity index (χ2v) is 5.96. The summed E-state index contributed by atoms with van der Waals surface area (Å²) < 4.78 is 7.22. The summed E-state index contributed by atoms with van der Waals surface area (Å²) in [5, 5.41) is 17.3. The monoisotopic (exact) mass is 379 g/mol. The van der Waals surface area contributed by atoms with Gasteiger partial charge < -0.3 is 19.6 Å². The van der Waals surface area contributed by atoms with Crippen LogP contribution in [0.1, 0.15) is 12.7 Å². The van der Waals surface area contributed by atoms with Crippen LogP contribution in [-0.4, -0.2) is 24.4 Å². The molecule has 142 valence electrons. The Morgan fingerprint density at radius 3 is 2.89 bits per heavy atom. The van der Waals surface area contributed by atoms with Crippen molar-refractivity contribution in [2.24, 2.45) is 0 Å². The molecular formula is C18H17N7O3. The van der Waals surface area contributed by atoms with E-state index in [2.05, 4.69) is 25.6 Å². The minimum absolute atomic E-state index is 0.00875. The minimum Gasteiger partial charge on any atom is -0.467 e. The van der Waals surface area contributed by atoms with Crippen LogP contribution in [0.4, 0.5) is 23.1 Å². The SMILES string of the molecule is CCn1cnc2c(Nc3cccc([N+](=O)[O-])c3)nc(NCc3ccco3)nc21. The quantitative estimate of drug-likeness (QED) is 0.368. The molecule has 0 saturated carbocycles. The van der Waals surface area contributed by atoms with Gasteiger partial charge in [0.1, 0.15) is 5.76 Å². The van der Waals surface area contributed by atoms with Gasteiger partial charge in [-0.25, -0.2) is 4.98 Å². The fraction of sp³-hybridized carbons (Fsp3) is 0.167. The van der Waals surface area contributed by atoms with Crippen LogP contribution in [0, 0.1) is 10.1 Å². The van der Waals surface area contributed by atoms with Gasteiger partial charge in [-0.3, -0.25) is 10.1 Å². The number of nitro groups is 1. The Balaban J connectivity index is 1.70. The maximum atomic E-state index is 11.0. The molecule has 0 unspecified atom stereocenters. The normalized spacial score (nSPS) is 10.9. The number of aryl methyl sites for hydroxylation is 1. The number of fused-ring (bicyclic) bond motifs is 1. The zero-order valence-electron chi connectivity index (χ0n) is 15.0. The number of furan rings is 1. The standard InChI is InChI=1S/C18H17N7O3/c1-2-24-11-20-15-16(21-12-5-3-6-13(9-12)25(26)27)22-18(23-17(15)24)19-10-14-7-4-8-28-14/h3-9,11H,2,10H2,1H3,(H2,19,21,22,23). The number of nitro benzene ring substituents is 1. The Morgan fingerprint density at radius 1 is 1.25 bits per heavy atom. The van der Waals surface area contributed by atoms with E-state index < -0.39 is 4.92 Å². The third kappa shape index (κ3) is 3.47. The van der Waals surface area contributed by atoms with E-state index in [1.807, 2.05) is 23.6 Å². The molecule has 0 aliphatic carbocycles. The summed E-state index contributed by atoms with van der Waals surface area (Å²) in [6, 6.07) is 9.88. The number of anilines is 3. The van der Waals surface area contributed by atoms with E-state index in [0.717, 1.165) is 5.76 Å². The number of nitrogens with one attached hydrogen (secondary N) is 2. The molecule has 28 heavy (non-hydrogen) atoms. The van der Waals surface area contributed by atoms with Crippen LogP contribution in [0.25, 0.3) is 11.2 Å². The molecule has 10 heteroatoms. The van der Waals surface area contributed by atoms with Crippen LogP contribution >= 0.6 is 0 Å². The number of nitrogens with zero attached hydrogens (tertiary/aromatic N) is 5. The van der Waals surface area contributed by atoms with Crippen molar-refractivity contribution < 1.29 is 9.34 Å². The molecule has 0 amide bonds. The van der Waals surface area contributed by atoms with Gasteiger partial charge in [0.2, 0.25) is 5.95 Å². The molecule has 3 heterocycles. The topological polar surface area (TPSA) is 124 Å². The molecule has 10 nitrogen and oxygen atoms in total. The molecule has 0 bridgehead atoms. The van der Waals surface area contributed by atoms with Gasteiger partial charge in [0, 0.05) is 24.4 Å². The van der Waals surface area contributed by atoms with E-state index >= 15 is 0 Å². The summed E-state index contributed by atoms with van der Waals surface area (Å²) in [7, 11) is 0. The summed E-state index contributed by atoms with van der Waals surface area (Å²) >= 11 is 0. The first-order chi connectivity index (χ1) is 13.6. The van der Waals surface area contributed by atoms with Crippen LogP contribution < -0.4 is 10.6 Å². The molecule has 4 aromatic rings. The van der Waals surface area contributed by atoms with Gasteiger partial charge in [0.05, 0.1) is 24.1 Å². The summed E-state index contributed by atoms with van der Waals surface area (Å²) in [6.45, 7) is 3.11. The Hall–Kier alpha value is -3.95. The molecule has 0 saturated heterocycles. The first-order valence-electron chi connectivity index (χ1n) is 8.64. The first-order valence-corrected chi connectivity index (χ1v) is 8.64. The highest BCUT2D eigenvalue weighted by Crippen LogP contribution is 2.26. The lowest BCUT2D eigenvalue weighted by molar-refractivity contribution is -0.384. The Kier molecular flexibility index (Phi) is 4.58. The van der Waals surface area contributed by atoms with Crippen molar-refractivity contribution in [3.8, 4) is 0 Å². The first kappa shape index (κ1) is 17.5. The van der Waals surface area contributed by atoms with Crippen LogP contribution in [0.2, 0.25) is 0 Å². The average molecular weight is 379 g/mol. The molecule has 0 aliphatic rings. The zero-order valence-corrected chi connectivity index (χ0v) is 15.0. The third-order valence-corrected chi connectivity index (χ3v) is 4.13. The molecule has 1 aromatic carbocycles. The van der Waals surface area contributed by atoms with Crippen molar-refractivity contribution in [2.75, 3.05) is 10.6 Å². The number of hydrogen-bond donors (Lipinski definition) is 2. The molecule has 0 aliphatic heterocycles. The molecular weight excluding hydrogens is 362 g/mol. The van der Waals surface area contributed by atoms with Crippen molar-refractivity contribution >= 4 is 34.3 Å². The highest BCUT2D eigenvalue weighted by molar-refractivity contribution is 5.86. The number of non-ortho nitro benzene ring substituents is 1. The number of aromatic nitrogens is 4. The molecule has 0 atom stereocenters. The summed E-state index contributed by atoms with van der Waals surface area (Å²) in [5.74, 6) is 1.60. The van der Waals surface area contributed by atoms with Crippen molar-refractivity contribution in [1.82, 2.24) is 19.5 Å². The highest BCUT2D eigenvalue weighted by Gasteiger charge is 2.14. The van der Waals surface area contributed by atoms with Crippen molar-refractivity contribution in [3.63, 3.8) is 0 Å². The maximum Gasteiger partial charge on any atom is 0.271 e. The number of benzene rings is 1. The average Bonchev–Trinajstić information content (AvgIpc) is 3.36. The lowest BCUT2D eigenvalue weighted by atomic mass is 10.3. The zero-order chi connectivity index (χ0) is 19.5. The molecule has 2 N–H and O–H groups in total. The second-order valence-electron chi connectivity index (χ2n) is 5.96. The van der Waals surface area contributed by atoms with Crippen LogP contribution in [0.5, 0.6) is 0 Å². The summed E-state index contributed by atoms with van der Waals surface area (Å²) in [5.41, 5.74) is 1.77. The van der Waals surface area contributed by atoms with E-state index in [1.54, 1.807) is 24.7 Å². The fourth-order valence-electron chi connectivity index (χ4n) is 2.76. The number of imidazole rings is 1. The Labute approximate surface area is 159 Å². The van der Waals surface area contributed by atoms with E-state index in [-0.39, 0.29) is 5.69 Å². The molecule has 0 spiro atoms. The number of rotatable bonds is 7. The van der Waals surface area contributed by atoms with Crippen molar-refractivity contribution in [2.45, 2.75) is 20.0 Å². The Bertz CT molecular complexity index is 1120. The van der Waals surface area contributed by atoms with Gasteiger partial charge in [-0.05, 0) is 25.1 Å². The smallest absolute Gasteiger partial charge is 0.271 e. The van der Waals surface area contributed by atoms with Gasteiger partial charge in [-0.1, -0.05) is 6.07 Å². The van der Waals surface area contributed by atoms with Crippen LogP contribution in [0.15, 0.2) is 53.4 Å². The van der Waals surface area contributed by atoms with Gasteiger partial charge in [0.25, 0.3) is 5.69 Å². The predicted molar refractivity (Wildman–Crippen MR) is 103 cm³/mol.